The number of anilines is 1. The smallest absolute Gasteiger partial charge is 0.314 e. The number of carbonyl (C=O) groups is 1. The Labute approximate surface area is 181 Å². The molecule has 0 radical (unpaired) electrons. The number of rotatable bonds is 4. The van der Waals surface area contributed by atoms with Gasteiger partial charge in [0.2, 0.25) is 0 Å². The Balaban J connectivity index is 1.37. The summed E-state index contributed by atoms with van der Waals surface area (Å²) in [5.41, 5.74) is 3.30. The van der Waals surface area contributed by atoms with Gasteiger partial charge >= 0.3 is 11.1 Å². The number of nitrogens with one attached hydrogen (secondary N) is 2. The lowest BCUT2D eigenvalue weighted by Crippen LogP contribution is -2.30. The SMILES string of the molecule is O=C(c1ccc2[nH]c(=O)c(=O)[nH]c2c1)N1CCc2cc(SCc3ccccc3)ccc21. The van der Waals surface area contributed by atoms with Crippen LogP contribution in [0.15, 0.2) is 81.2 Å². The lowest BCUT2D eigenvalue weighted by molar-refractivity contribution is 0.0989. The van der Waals surface area contributed by atoms with Gasteiger partial charge in [-0.25, -0.2) is 0 Å². The predicted molar refractivity (Wildman–Crippen MR) is 123 cm³/mol. The molecule has 0 fully saturated rings. The van der Waals surface area contributed by atoms with Crippen LogP contribution in [0.4, 0.5) is 5.69 Å². The molecule has 7 heteroatoms. The van der Waals surface area contributed by atoms with Crippen molar-refractivity contribution in [1.82, 2.24) is 9.97 Å². The van der Waals surface area contributed by atoms with Crippen LogP contribution in [0.5, 0.6) is 0 Å². The van der Waals surface area contributed by atoms with Crippen LogP contribution in [0.25, 0.3) is 11.0 Å². The van der Waals surface area contributed by atoms with Gasteiger partial charge in [0, 0.05) is 28.4 Å². The molecular weight excluding hydrogens is 410 g/mol. The molecule has 2 N–H and O–H groups in total. The molecule has 154 valence electrons. The van der Waals surface area contributed by atoms with Gasteiger partial charge in [0.25, 0.3) is 5.91 Å². The second kappa shape index (κ2) is 7.92. The first-order valence-corrected chi connectivity index (χ1v) is 10.9. The predicted octanol–water partition coefficient (Wildman–Crippen LogP) is 3.71. The lowest BCUT2D eigenvalue weighted by Gasteiger charge is -2.18. The topological polar surface area (TPSA) is 86.0 Å². The van der Waals surface area contributed by atoms with Crippen molar-refractivity contribution in [3.05, 3.63) is 104 Å². The first kappa shape index (κ1) is 19.4. The van der Waals surface area contributed by atoms with Gasteiger partial charge in [-0.2, -0.15) is 0 Å². The fourth-order valence-corrected chi connectivity index (χ4v) is 4.74. The minimum absolute atomic E-state index is 0.127. The third-order valence-corrected chi connectivity index (χ3v) is 6.47. The number of aromatic amines is 2. The van der Waals surface area contributed by atoms with Gasteiger partial charge < -0.3 is 14.9 Å². The van der Waals surface area contributed by atoms with E-state index in [0.717, 1.165) is 23.4 Å². The van der Waals surface area contributed by atoms with E-state index in [4.69, 9.17) is 0 Å². The molecule has 1 aliphatic heterocycles. The van der Waals surface area contributed by atoms with Crippen molar-refractivity contribution < 1.29 is 4.79 Å². The van der Waals surface area contributed by atoms with Crippen LogP contribution in [0.2, 0.25) is 0 Å². The number of aromatic nitrogens is 2. The van der Waals surface area contributed by atoms with E-state index in [-0.39, 0.29) is 5.91 Å². The lowest BCUT2D eigenvalue weighted by atomic mass is 10.1. The van der Waals surface area contributed by atoms with Gasteiger partial charge in [-0.3, -0.25) is 14.4 Å². The van der Waals surface area contributed by atoms with E-state index in [1.807, 2.05) is 24.3 Å². The van der Waals surface area contributed by atoms with Gasteiger partial charge in [-0.05, 0) is 53.9 Å². The van der Waals surface area contributed by atoms with Crippen molar-refractivity contribution in [2.75, 3.05) is 11.4 Å². The number of benzene rings is 3. The van der Waals surface area contributed by atoms with Gasteiger partial charge in [0.1, 0.15) is 0 Å². The summed E-state index contributed by atoms with van der Waals surface area (Å²) in [5.74, 6) is 0.775. The molecule has 5 rings (SSSR count). The quantitative estimate of drug-likeness (QED) is 0.383. The Morgan fingerprint density at radius 1 is 0.903 bits per heavy atom. The van der Waals surface area contributed by atoms with E-state index < -0.39 is 11.1 Å². The molecule has 0 atom stereocenters. The van der Waals surface area contributed by atoms with Crippen molar-refractivity contribution in [3.63, 3.8) is 0 Å². The maximum Gasteiger partial charge on any atom is 0.314 e. The fraction of sp³-hybridized carbons (Fsp3) is 0.125. The van der Waals surface area contributed by atoms with E-state index >= 15 is 0 Å². The van der Waals surface area contributed by atoms with Crippen LogP contribution < -0.4 is 16.0 Å². The normalized spacial score (nSPS) is 12.8. The van der Waals surface area contributed by atoms with Crippen LogP contribution in [-0.2, 0) is 12.2 Å². The minimum atomic E-state index is -0.732. The number of thioether (sulfide) groups is 1. The zero-order valence-electron chi connectivity index (χ0n) is 16.6. The zero-order chi connectivity index (χ0) is 21.4. The van der Waals surface area contributed by atoms with Crippen molar-refractivity contribution in [2.24, 2.45) is 0 Å². The standard InChI is InChI=1S/C24H19N3O3S/c28-22-23(29)26-20-13-17(6-8-19(20)25-22)24(30)27-11-10-16-12-18(7-9-21(16)27)31-14-15-4-2-1-3-5-15/h1-9,12-13H,10-11,14H2,(H,25,28)(H,26,29). The molecule has 3 aromatic carbocycles. The Morgan fingerprint density at radius 2 is 1.68 bits per heavy atom. The molecule has 1 aromatic heterocycles. The second-order valence-electron chi connectivity index (χ2n) is 7.44. The molecule has 31 heavy (non-hydrogen) atoms. The minimum Gasteiger partial charge on any atom is -0.316 e. The monoisotopic (exact) mass is 429 g/mol. The maximum atomic E-state index is 13.2. The van der Waals surface area contributed by atoms with Crippen molar-refractivity contribution in [1.29, 1.82) is 0 Å². The van der Waals surface area contributed by atoms with Gasteiger partial charge in [0.15, 0.2) is 0 Å². The highest BCUT2D eigenvalue weighted by atomic mass is 32.2. The number of carbonyl (C=O) groups excluding carboxylic acids is 1. The Hall–Kier alpha value is -3.58. The number of fused-ring (bicyclic) bond motifs is 2. The average Bonchev–Trinajstić information content (AvgIpc) is 3.21. The van der Waals surface area contributed by atoms with Gasteiger partial charge in [0.05, 0.1) is 11.0 Å². The average molecular weight is 430 g/mol. The Kier molecular flexibility index (Phi) is 4.95. The zero-order valence-corrected chi connectivity index (χ0v) is 17.4. The summed E-state index contributed by atoms with van der Waals surface area (Å²) in [6.45, 7) is 0.612. The number of hydrogen-bond acceptors (Lipinski definition) is 4. The summed E-state index contributed by atoms with van der Waals surface area (Å²) in [6, 6.07) is 21.5. The molecule has 0 aliphatic carbocycles. The number of hydrogen-bond donors (Lipinski definition) is 2. The van der Waals surface area contributed by atoms with E-state index in [9.17, 15) is 14.4 Å². The summed E-state index contributed by atoms with van der Waals surface area (Å²) in [5, 5.41) is 0. The molecule has 1 amide bonds. The molecule has 2 heterocycles. The van der Waals surface area contributed by atoms with Crippen LogP contribution in [-0.4, -0.2) is 22.4 Å². The Morgan fingerprint density at radius 3 is 2.48 bits per heavy atom. The second-order valence-corrected chi connectivity index (χ2v) is 8.49. The number of nitrogens with zero attached hydrogens (tertiary/aromatic N) is 1. The number of amides is 1. The molecule has 0 saturated heterocycles. The summed E-state index contributed by atoms with van der Waals surface area (Å²) in [6.07, 6.45) is 0.804. The molecule has 4 aromatic rings. The van der Waals surface area contributed by atoms with Crippen LogP contribution in [0, 0.1) is 0 Å². The third kappa shape index (κ3) is 3.80. The molecule has 6 nitrogen and oxygen atoms in total. The van der Waals surface area contributed by atoms with Crippen LogP contribution in [0.3, 0.4) is 0 Å². The summed E-state index contributed by atoms with van der Waals surface area (Å²) in [7, 11) is 0. The number of H-pyrrole nitrogens is 2. The van der Waals surface area contributed by atoms with Gasteiger partial charge in [-0.15, -0.1) is 11.8 Å². The molecular formula is C24H19N3O3S. The van der Waals surface area contributed by atoms with E-state index in [0.29, 0.717) is 23.1 Å². The summed E-state index contributed by atoms with van der Waals surface area (Å²) < 4.78 is 0. The van der Waals surface area contributed by atoms with Crippen molar-refractivity contribution in [3.8, 4) is 0 Å². The first-order valence-electron chi connectivity index (χ1n) is 9.96. The highest BCUT2D eigenvalue weighted by Crippen LogP contribution is 2.34. The van der Waals surface area contributed by atoms with E-state index in [1.54, 1.807) is 34.9 Å². The molecule has 0 spiro atoms. The first-order chi connectivity index (χ1) is 15.1. The van der Waals surface area contributed by atoms with Crippen molar-refractivity contribution >= 4 is 34.4 Å². The van der Waals surface area contributed by atoms with E-state index in [2.05, 4.69) is 34.2 Å². The maximum absolute atomic E-state index is 13.2. The highest BCUT2D eigenvalue weighted by molar-refractivity contribution is 7.98. The van der Waals surface area contributed by atoms with E-state index in [1.165, 1.54) is 10.5 Å². The third-order valence-electron chi connectivity index (χ3n) is 5.41. The molecule has 0 unspecified atom stereocenters. The largest absolute Gasteiger partial charge is 0.316 e. The molecule has 1 aliphatic rings. The Bertz CT molecular complexity index is 1410. The molecule has 0 saturated carbocycles. The summed E-state index contributed by atoms with van der Waals surface area (Å²) in [4.78, 5) is 44.2. The molecule has 0 bridgehead atoms. The fourth-order valence-electron chi connectivity index (χ4n) is 3.82. The van der Waals surface area contributed by atoms with Gasteiger partial charge in [-0.1, -0.05) is 30.3 Å². The summed E-state index contributed by atoms with van der Waals surface area (Å²) >= 11 is 1.78. The van der Waals surface area contributed by atoms with Crippen molar-refractivity contribution in [2.45, 2.75) is 17.1 Å². The van der Waals surface area contributed by atoms with Crippen LogP contribution >= 0.6 is 11.8 Å². The van der Waals surface area contributed by atoms with Crippen LogP contribution in [0.1, 0.15) is 21.5 Å². The highest BCUT2D eigenvalue weighted by Gasteiger charge is 2.26.